The fourth-order valence-electron chi connectivity index (χ4n) is 3.80. The van der Waals surface area contributed by atoms with E-state index in [4.69, 9.17) is 4.74 Å². The summed E-state index contributed by atoms with van der Waals surface area (Å²) in [6.07, 6.45) is 11.1. The molecule has 188 valence electrons. The zero-order valence-electron chi connectivity index (χ0n) is 23.0. The predicted octanol–water partition coefficient (Wildman–Crippen LogP) is 8.49. The molecule has 1 aliphatic carbocycles. The van der Waals surface area contributed by atoms with Crippen molar-refractivity contribution in [3.8, 4) is 0 Å². The summed E-state index contributed by atoms with van der Waals surface area (Å²) in [6, 6.07) is 6.80. The van der Waals surface area contributed by atoms with Crippen molar-refractivity contribution in [1.29, 1.82) is 0 Å². The van der Waals surface area contributed by atoms with Crippen LogP contribution in [0.1, 0.15) is 97.8 Å². The molecule has 0 fully saturated rings. The monoisotopic (exact) mass is 466 g/mol. The van der Waals surface area contributed by atoms with Gasteiger partial charge >= 0.3 is 5.97 Å². The number of methoxy groups -OCH3 is 1. The topological polar surface area (TPSA) is 35.5 Å². The van der Waals surface area contributed by atoms with Crippen molar-refractivity contribution < 1.29 is 14.3 Å². The van der Waals surface area contributed by atoms with Gasteiger partial charge in [0, 0.05) is 6.42 Å². The standard InChI is InChI=1S/C26H36O3.C5H10/c1-8-20(12-14-24(27)28-7)10-9-19(2)29-18-21-11-13-22-23(17-21)26(5,6)16-15-25(22,3)4;1-4-5(2)3/h8-11,13,17H,1,12,14-16,18H2,2-7H3;4H,1-3H3/b19-9+,20-10+;. The number of benzene rings is 1. The lowest BCUT2D eigenvalue weighted by atomic mass is 9.63. The predicted molar refractivity (Wildman–Crippen MR) is 145 cm³/mol. The summed E-state index contributed by atoms with van der Waals surface area (Å²) in [5.41, 5.74) is 6.91. The molecule has 3 nitrogen and oxygen atoms in total. The van der Waals surface area contributed by atoms with Gasteiger partial charge in [-0.3, -0.25) is 4.79 Å². The molecular formula is C31H46O3. The van der Waals surface area contributed by atoms with Gasteiger partial charge in [-0.15, -0.1) is 0 Å². The van der Waals surface area contributed by atoms with Gasteiger partial charge in [0.05, 0.1) is 12.9 Å². The minimum atomic E-state index is -0.215. The van der Waals surface area contributed by atoms with E-state index in [9.17, 15) is 4.79 Å². The van der Waals surface area contributed by atoms with Crippen molar-refractivity contribution >= 4 is 5.97 Å². The Balaban J connectivity index is 0.00000104. The zero-order chi connectivity index (χ0) is 25.9. The lowest BCUT2D eigenvalue weighted by molar-refractivity contribution is -0.140. The quantitative estimate of drug-likeness (QED) is 0.167. The number of rotatable bonds is 8. The second-order valence-corrected chi connectivity index (χ2v) is 10.6. The molecule has 3 heteroatoms. The van der Waals surface area contributed by atoms with Crippen LogP contribution in [0.3, 0.4) is 0 Å². The van der Waals surface area contributed by atoms with E-state index >= 15 is 0 Å². The third-order valence-electron chi connectivity index (χ3n) is 6.60. The van der Waals surface area contributed by atoms with Gasteiger partial charge in [0.25, 0.3) is 0 Å². The van der Waals surface area contributed by atoms with Crippen LogP contribution in [0, 0.1) is 0 Å². The molecule has 0 bridgehead atoms. The maximum absolute atomic E-state index is 11.3. The number of hydrogen-bond acceptors (Lipinski definition) is 3. The molecule has 1 aromatic carbocycles. The third-order valence-corrected chi connectivity index (χ3v) is 6.60. The van der Waals surface area contributed by atoms with Crippen LogP contribution in [-0.4, -0.2) is 13.1 Å². The fourth-order valence-corrected chi connectivity index (χ4v) is 3.80. The Bertz CT molecular complexity index is 922. The Morgan fingerprint density at radius 2 is 1.59 bits per heavy atom. The van der Waals surface area contributed by atoms with Crippen LogP contribution >= 0.6 is 0 Å². The Morgan fingerprint density at radius 1 is 1.00 bits per heavy atom. The summed E-state index contributed by atoms with van der Waals surface area (Å²) in [6.45, 7) is 21.9. The van der Waals surface area contributed by atoms with E-state index in [1.165, 1.54) is 42.2 Å². The number of hydrogen-bond donors (Lipinski definition) is 0. The number of esters is 1. The van der Waals surface area contributed by atoms with E-state index in [2.05, 4.69) is 77.1 Å². The summed E-state index contributed by atoms with van der Waals surface area (Å²) >= 11 is 0. The zero-order valence-corrected chi connectivity index (χ0v) is 23.0. The van der Waals surface area contributed by atoms with E-state index in [1.807, 2.05) is 26.0 Å². The molecular weight excluding hydrogens is 420 g/mol. The van der Waals surface area contributed by atoms with Crippen molar-refractivity contribution in [2.45, 2.75) is 98.5 Å². The Kier molecular flexibility index (Phi) is 11.6. The molecule has 0 N–H and O–H groups in total. The van der Waals surface area contributed by atoms with Gasteiger partial charge in [0.15, 0.2) is 0 Å². The minimum absolute atomic E-state index is 0.201. The molecule has 0 unspecified atom stereocenters. The highest BCUT2D eigenvalue weighted by Crippen LogP contribution is 2.45. The van der Waals surface area contributed by atoms with Gasteiger partial charge in [-0.1, -0.05) is 76.3 Å². The summed E-state index contributed by atoms with van der Waals surface area (Å²) in [7, 11) is 1.40. The highest BCUT2D eigenvalue weighted by Gasteiger charge is 2.36. The lowest BCUT2D eigenvalue weighted by Gasteiger charge is -2.42. The minimum Gasteiger partial charge on any atom is -0.494 e. The molecule has 1 aliphatic rings. The first kappa shape index (κ1) is 29.5. The molecule has 2 rings (SSSR count). The van der Waals surface area contributed by atoms with Gasteiger partial charge in [-0.05, 0) is 86.1 Å². The maximum atomic E-state index is 11.3. The fraction of sp³-hybridized carbons (Fsp3) is 0.516. The number of carbonyl (C=O) groups excluding carboxylic acids is 1. The highest BCUT2D eigenvalue weighted by molar-refractivity contribution is 5.69. The van der Waals surface area contributed by atoms with Gasteiger partial charge in [-0.2, -0.15) is 0 Å². The van der Waals surface area contributed by atoms with E-state index < -0.39 is 0 Å². The summed E-state index contributed by atoms with van der Waals surface area (Å²) in [5.74, 6) is 0.618. The van der Waals surface area contributed by atoms with Crippen molar-refractivity contribution in [3.63, 3.8) is 0 Å². The van der Waals surface area contributed by atoms with Crippen LogP contribution in [0.25, 0.3) is 0 Å². The average Bonchev–Trinajstić information content (AvgIpc) is 2.80. The molecule has 0 radical (unpaired) electrons. The first-order valence-electron chi connectivity index (χ1n) is 12.3. The normalized spacial score (nSPS) is 16.4. The van der Waals surface area contributed by atoms with Crippen LogP contribution in [0.2, 0.25) is 0 Å². The van der Waals surface area contributed by atoms with Crippen LogP contribution in [0.15, 0.2) is 66.0 Å². The van der Waals surface area contributed by atoms with Gasteiger partial charge in [0.1, 0.15) is 6.61 Å². The molecule has 0 amide bonds. The molecule has 0 heterocycles. The lowest BCUT2D eigenvalue weighted by Crippen LogP contribution is -2.33. The maximum Gasteiger partial charge on any atom is 0.305 e. The third kappa shape index (κ3) is 9.37. The average molecular weight is 467 g/mol. The Morgan fingerprint density at radius 3 is 2.12 bits per heavy atom. The van der Waals surface area contributed by atoms with E-state index in [1.54, 1.807) is 6.08 Å². The number of carbonyl (C=O) groups is 1. The van der Waals surface area contributed by atoms with Crippen molar-refractivity contribution in [2.75, 3.05) is 7.11 Å². The number of fused-ring (bicyclic) bond motifs is 1. The molecule has 0 saturated heterocycles. The van der Waals surface area contributed by atoms with Crippen molar-refractivity contribution in [2.24, 2.45) is 0 Å². The van der Waals surface area contributed by atoms with Crippen LogP contribution in [-0.2, 0) is 31.7 Å². The molecule has 1 aromatic rings. The first-order valence-corrected chi connectivity index (χ1v) is 12.3. The molecule has 34 heavy (non-hydrogen) atoms. The number of allylic oxidation sites excluding steroid dienone is 7. The Labute approximate surface area is 208 Å². The highest BCUT2D eigenvalue weighted by atomic mass is 16.5. The SMILES string of the molecule is C=C/C(=C\C=C(/C)OCc1ccc2c(c1)C(C)(C)CCC2(C)C)CCC(=O)OC.CC=C(C)C. The summed E-state index contributed by atoms with van der Waals surface area (Å²) < 4.78 is 10.7. The molecule has 0 aromatic heterocycles. The molecule has 0 aliphatic heterocycles. The largest absolute Gasteiger partial charge is 0.494 e. The summed E-state index contributed by atoms with van der Waals surface area (Å²) in [4.78, 5) is 11.3. The first-order chi connectivity index (χ1) is 15.9. The smallest absolute Gasteiger partial charge is 0.305 e. The van der Waals surface area contributed by atoms with E-state index in [0.29, 0.717) is 19.4 Å². The van der Waals surface area contributed by atoms with Gasteiger partial charge < -0.3 is 9.47 Å². The van der Waals surface area contributed by atoms with Gasteiger partial charge in [0.2, 0.25) is 0 Å². The van der Waals surface area contributed by atoms with E-state index in [-0.39, 0.29) is 16.8 Å². The van der Waals surface area contributed by atoms with Crippen molar-refractivity contribution in [3.05, 3.63) is 82.7 Å². The molecule has 0 saturated carbocycles. The molecule has 0 atom stereocenters. The second kappa shape index (κ2) is 13.4. The Hall–Kier alpha value is -2.55. The van der Waals surface area contributed by atoms with Crippen LogP contribution < -0.4 is 0 Å². The summed E-state index contributed by atoms with van der Waals surface area (Å²) in [5, 5.41) is 0. The van der Waals surface area contributed by atoms with Crippen LogP contribution in [0.4, 0.5) is 0 Å². The van der Waals surface area contributed by atoms with Crippen molar-refractivity contribution in [1.82, 2.24) is 0 Å². The second-order valence-electron chi connectivity index (χ2n) is 10.6. The van der Waals surface area contributed by atoms with Crippen LogP contribution in [0.5, 0.6) is 0 Å². The van der Waals surface area contributed by atoms with E-state index in [0.717, 1.165) is 11.3 Å². The van der Waals surface area contributed by atoms with Gasteiger partial charge in [-0.25, -0.2) is 0 Å². The number of ether oxygens (including phenoxy) is 2. The molecule has 0 spiro atoms.